The van der Waals surface area contributed by atoms with Crippen molar-refractivity contribution in [2.45, 2.75) is 12.4 Å². The molecule has 11 heteroatoms. The molecule has 4 aromatic heterocycles. The Morgan fingerprint density at radius 1 is 0.435 bits per heavy atom. The third kappa shape index (κ3) is 5.11. The minimum absolute atomic E-state index is 0.0772. The van der Waals surface area contributed by atoms with Crippen LogP contribution in [0.2, 0.25) is 0 Å². The second kappa shape index (κ2) is 12.9. The van der Waals surface area contributed by atoms with E-state index in [2.05, 4.69) is 6.07 Å². The molecule has 0 aliphatic rings. The molecule has 0 fully saturated rings. The van der Waals surface area contributed by atoms with Crippen molar-refractivity contribution in [1.82, 2.24) is 9.13 Å². The number of halogens is 6. The minimum Gasteiger partial charge on any atom is -0.306 e. The van der Waals surface area contributed by atoms with E-state index in [1.54, 1.807) is 22.7 Å². The van der Waals surface area contributed by atoms with Crippen LogP contribution in [-0.4, -0.2) is 9.13 Å². The van der Waals surface area contributed by atoms with E-state index in [0.717, 1.165) is 68.0 Å². The van der Waals surface area contributed by atoms with Gasteiger partial charge in [-0.3, -0.25) is 0 Å². The van der Waals surface area contributed by atoms with E-state index in [4.69, 9.17) is 0 Å². The average molecular weight is 858 g/mol. The van der Waals surface area contributed by atoms with Crippen LogP contribution in [0.25, 0.3) is 106 Å². The molecular formula is C51H25F6N3S2. The number of alkyl halides is 6. The molecular weight excluding hydrogens is 833 g/mol. The summed E-state index contributed by atoms with van der Waals surface area (Å²) in [5.41, 5.74) is -1.17. The largest absolute Gasteiger partial charge is 0.417 e. The van der Waals surface area contributed by atoms with Crippen molar-refractivity contribution in [2.75, 3.05) is 0 Å². The molecule has 0 aliphatic carbocycles. The van der Waals surface area contributed by atoms with Gasteiger partial charge in [-0.1, -0.05) is 103 Å². The normalized spacial score (nSPS) is 12.7. The maximum Gasteiger partial charge on any atom is 0.417 e. The third-order valence-electron chi connectivity index (χ3n) is 12.0. The molecule has 12 aromatic rings. The lowest BCUT2D eigenvalue weighted by Crippen LogP contribution is -2.15. The van der Waals surface area contributed by atoms with E-state index in [1.165, 1.54) is 12.1 Å². The van der Waals surface area contributed by atoms with Gasteiger partial charge in [0, 0.05) is 58.1 Å². The highest BCUT2D eigenvalue weighted by Crippen LogP contribution is 2.50. The fraction of sp³-hybridized carbons (Fsp3) is 0.0392. The highest BCUT2D eigenvalue weighted by Gasteiger charge is 2.41. The Hall–Kier alpha value is -7.13. The molecule has 298 valence electrons. The van der Waals surface area contributed by atoms with Gasteiger partial charge in [-0.2, -0.15) is 31.6 Å². The smallest absolute Gasteiger partial charge is 0.306 e. The molecule has 0 bridgehead atoms. The van der Waals surface area contributed by atoms with Crippen LogP contribution in [0, 0.1) is 11.3 Å². The first-order valence-corrected chi connectivity index (χ1v) is 21.2. The lowest BCUT2D eigenvalue weighted by molar-refractivity contribution is -0.142. The van der Waals surface area contributed by atoms with Crippen molar-refractivity contribution in [2.24, 2.45) is 0 Å². The Morgan fingerprint density at radius 2 is 0.839 bits per heavy atom. The molecule has 0 N–H and O–H groups in total. The van der Waals surface area contributed by atoms with Crippen LogP contribution >= 0.6 is 22.7 Å². The topological polar surface area (TPSA) is 33.6 Å². The fourth-order valence-corrected chi connectivity index (χ4v) is 12.0. The molecule has 3 nitrogen and oxygen atoms in total. The maximum absolute atomic E-state index is 15.2. The molecule has 0 saturated heterocycles. The number of rotatable bonds is 3. The average Bonchev–Trinajstić information content (AvgIpc) is 4.03. The molecule has 12 rings (SSSR count). The van der Waals surface area contributed by atoms with Gasteiger partial charge in [0.25, 0.3) is 0 Å². The van der Waals surface area contributed by atoms with Crippen LogP contribution in [0.15, 0.2) is 152 Å². The minimum atomic E-state index is -5.16. The first-order chi connectivity index (χ1) is 30.0. The van der Waals surface area contributed by atoms with Crippen LogP contribution in [-0.2, 0) is 12.4 Å². The predicted octanol–water partition coefficient (Wildman–Crippen LogP) is 16.2. The van der Waals surface area contributed by atoms with E-state index < -0.39 is 29.0 Å². The van der Waals surface area contributed by atoms with Crippen molar-refractivity contribution in [3.63, 3.8) is 0 Å². The van der Waals surface area contributed by atoms with Gasteiger partial charge in [-0.05, 0) is 54.1 Å². The van der Waals surface area contributed by atoms with Crippen LogP contribution in [0.1, 0.15) is 16.7 Å². The molecule has 0 aliphatic heterocycles. The van der Waals surface area contributed by atoms with Crippen molar-refractivity contribution >= 4 is 107 Å². The van der Waals surface area contributed by atoms with Gasteiger partial charge in [0.15, 0.2) is 0 Å². The Bertz CT molecular complexity index is 3690. The quantitative estimate of drug-likeness (QED) is 0.163. The Balaban J connectivity index is 1.33. The molecule has 4 heterocycles. The van der Waals surface area contributed by atoms with Gasteiger partial charge >= 0.3 is 12.4 Å². The van der Waals surface area contributed by atoms with Crippen molar-refractivity contribution in [3.05, 3.63) is 168 Å². The van der Waals surface area contributed by atoms with Gasteiger partial charge in [-0.25, -0.2) is 0 Å². The van der Waals surface area contributed by atoms with Crippen LogP contribution < -0.4 is 0 Å². The number of benzene rings is 8. The zero-order valence-electron chi connectivity index (χ0n) is 31.9. The van der Waals surface area contributed by atoms with Crippen LogP contribution in [0.4, 0.5) is 26.3 Å². The van der Waals surface area contributed by atoms with E-state index >= 15 is 26.3 Å². The number of nitriles is 1. The first kappa shape index (κ1) is 36.7. The van der Waals surface area contributed by atoms with E-state index in [9.17, 15) is 5.26 Å². The number of aromatic nitrogens is 2. The van der Waals surface area contributed by atoms with Gasteiger partial charge < -0.3 is 9.13 Å². The summed E-state index contributed by atoms with van der Waals surface area (Å²) in [6, 6.07) is 46.3. The second-order valence-corrected chi connectivity index (χ2v) is 17.4. The number of nitrogens with zero attached hydrogens (tertiary/aromatic N) is 3. The molecule has 0 amide bonds. The van der Waals surface area contributed by atoms with Crippen molar-refractivity contribution in [3.8, 4) is 28.6 Å². The molecule has 0 atom stereocenters. The zero-order valence-corrected chi connectivity index (χ0v) is 33.5. The molecule has 0 saturated carbocycles. The maximum atomic E-state index is 15.2. The summed E-state index contributed by atoms with van der Waals surface area (Å²) < 4.78 is 98.4. The number of thiophene rings is 2. The monoisotopic (exact) mass is 857 g/mol. The summed E-state index contributed by atoms with van der Waals surface area (Å²) in [6.45, 7) is 0. The SMILES string of the molecule is N#Cc1c(-n2c3ccccc3c3ccc4c5ccccc5sc4c32)cc(-c2c(C(F)(F)F)cccc2C(F)(F)F)cc1-n1c2ccccc2c2ccc3c4ccccc4sc3c21. The summed E-state index contributed by atoms with van der Waals surface area (Å²) in [6.07, 6.45) is -10.3. The summed E-state index contributed by atoms with van der Waals surface area (Å²) in [4.78, 5) is 0. The Morgan fingerprint density at radius 3 is 1.27 bits per heavy atom. The fourth-order valence-electron chi connectivity index (χ4n) is 9.52. The van der Waals surface area contributed by atoms with Crippen molar-refractivity contribution < 1.29 is 26.3 Å². The zero-order chi connectivity index (χ0) is 42.2. The van der Waals surface area contributed by atoms with Gasteiger partial charge in [0.05, 0.1) is 54.0 Å². The van der Waals surface area contributed by atoms with E-state index in [0.29, 0.717) is 34.2 Å². The summed E-state index contributed by atoms with van der Waals surface area (Å²) in [5, 5.41) is 18.7. The van der Waals surface area contributed by atoms with Gasteiger partial charge in [-0.15, -0.1) is 22.7 Å². The highest BCUT2D eigenvalue weighted by atomic mass is 32.1. The number of para-hydroxylation sites is 2. The number of hydrogen-bond donors (Lipinski definition) is 0. The predicted molar refractivity (Wildman–Crippen MR) is 241 cm³/mol. The summed E-state index contributed by atoms with van der Waals surface area (Å²) in [7, 11) is 0. The van der Waals surface area contributed by atoms with E-state index in [1.807, 2.05) is 130 Å². The lowest BCUT2D eigenvalue weighted by atomic mass is 9.91. The second-order valence-electron chi connectivity index (χ2n) is 15.3. The standard InChI is InChI=1S/C51H25F6N3S2/c52-50(53,54)37-14-9-15-38(51(55,56)57)45(37)27-24-41(59-39-16-5-1-10-28(39)32-20-22-34-30-12-3-7-18-43(30)61-48(34)46(32)59)36(26-58)42(25-27)60-40-17-6-2-11-29(40)33-21-23-35-31-13-4-8-19-44(31)62-49(35)47(33)60/h1-25H. The van der Waals surface area contributed by atoms with E-state index in [-0.39, 0.29) is 22.5 Å². The van der Waals surface area contributed by atoms with Crippen molar-refractivity contribution in [1.29, 1.82) is 5.26 Å². The third-order valence-corrected chi connectivity index (χ3v) is 14.4. The number of fused-ring (bicyclic) bond motifs is 14. The van der Waals surface area contributed by atoms with Gasteiger partial charge in [0.1, 0.15) is 11.6 Å². The Kier molecular flexibility index (Phi) is 7.66. The Labute approximate surface area is 355 Å². The molecule has 0 unspecified atom stereocenters. The lowest BCUT2D eigenvalue weighted by Gasteiger charge is -2.22. The summed E-state index contributed by atoms with van der Waals surface area (Å²) >= 11 is 3.09. The highest BCUT2D eigenvalue weighted by molar-refractivity contribution is 7.27. The molecule has 0 spiro atoms. The molecule has 62 heavy (non-hydrogen) atoms. The van der Waals surface area contributed by atoms with Crippen LogP contribution in [0.5, 0.6) is 0 Å². The molecule has 8 aromatic carbocycles. The van der Waals surface area contributed by atoms with Crippen LogP contribution in [0.3, 0.4) is 0 Å². The summed E-state index contributed by atoms with van der Waals surface area (Å²) in [5.74, 6) is 0. The molecule has 0 radical (unpaired) electrons. The first-order valence-electron chi connectivity index (χ1n) is 19.5. The van der Waals surface area contributed by atoms with Gasteiger partial charge in [0.2, 0.25) is 0 Å². The number of hydrogen-bond acceptors (Lipinski definition) is 3.